The van der Waals surface area contributed by atoms with Crippen molar-refractivity contribution in [2.75, 3.05) is 6.61 Å². The number of unbranched alkanes of at least 4 members (excludes halogenated alkanes) is 1. The van der Waals surface area contributed by atoms with Crippen molar-refractivity contribution in [3.8, 4) is 5.75 Å². The van der Waals surface area contributed by atoms with Gasteiger partial charge in [-0.05, 0) is 73.5 Å². The van der Waals surface area contributed by atoms with Crippen LogP contribution in [0.4, 0.5) is 0 Å². The molecule has 2 aromatic heterocycles. The van der Waals surface area contributed by atoms with Crippen molar-refractivity contribution in [3.63, 3.8) is 0 Å². The van der Waals surface area contributed by atoms with E-state index in [1.165, 1.54) is 6.08 Å². The lowest BCUT2D eigenvalue weighted by Crippen LogP contribution is -1.98. The summed E-state index contributed by atoms with van der Waals surface area (Å²) in [5.41, 5.74) is 2.31. The van der Waals surface area contributed by atoms with E-state index in [0.717, 1.165) is 41.0 Å². The number of hydrogen-bond acceptors (Lipinski definition) is 5. The van der Waals surface area contributed by atoms with E-state index < -0.39 is 0 Å². The van der Waals surface area contributed by atoms with E-state index in [4.69, 9.17) is 13.6 Å². The highest BCUT2D eigenvalue weighted by Gasteiger charge is 2.03. The second kappa shape index (κ2) is 9.89. The van der Waals surface area contributed by atoms with Crippen molar-refractivity contribution < 1.29 is 18.4 Å². The van der Waals surface area contributed by atoms with Gasteiger partial charge in [-0.25, -0.2) is 4.98 Å². The maximum absolute atomic E-state index is 12.2. The molecule has 0 aliphatic carbocycles. The maximum Gasteiger partial charge on any atom is 0.247 e. The van der Waals surface area contributed by atoms with Gasteiger partial charge in [0.15, 0.2) is 11.4 Å². The number of hydrogen-bond donors (Lipinski definition) is 1. The monoisotopic (exact) mass is 419 g/mol. The number of oxazole rings is 1. The van der Waals surface area contributed by atoms with Gasteiger partial charge in [0, 0.05) is 5.56 Å². The molecule has 0 saturated heterocycles. The molecule has 0 radical (unpaired) electrons. The second-order valence-corrected chi connectivity index (χ2v) is 7.51. The van der Waals surface area contributed by atoms with Gasteiger partial charge < -0.3 is 13.6 Å². The third kappa shape index (κ3) is 5.36. The summed E-state index contributed by atoms with van der Waals surface area (Å²) >= 11 is 0.968. The molecule has 0 aliphatic heterocycles. The number of ether oxygens (including phenoxy) is 1. The molecule has 0 N–H and O–H groups in total. The lowest BCUT2D eigenvalue weighted by molar-refractivity contribution is 0.104. The summed E-state index contributed by atoms with van der Waals surface area (Å²) in [6, 6.07) is 18.5. The van der Waals surface area contributed by atoms with Crippen LogP contribution < -0.4 is 4.74 Å². The zero-order valence-electron chi connectivity index (χ0n) is 16.2. The highest BCUT2D eigenvalue weighted by molar-refractivity contribution is 7.97. The molecule has 4 aromatic rings. The van der Waals surface area contributed by atoms with Crippen molar-refractivity contribution in [2.24, 2.45) is 0 Å². The van der Waals surface area contributed by atoms with Gasteiger partial charge >= 0.3 is 0 Å². The van der Waals surface area contributed by atoms with E-state index in [-0.39, 0.29) is 5.78 Å². The molecule has 6 heteroatoms. The molecule has 0 fully saturated rings. The third-order valence-electron chi connectivity index (χ3n) is 4.31. The lowest BCUT2D eigenvalue weighted by atomic mass is 10.1. The van der Waals surface area contributed by atoms with E-state index in [1.807, 2.05) is 36.4 Å². The minimum atomic E-state index is -0.0780. The van der Waals surface area contributed by atoms with Crippen molar-refractivity contribution in [1.29, 1.82) is 0 Å². The molecule has 4 rings (SSSR count). The Morgan fingerprint density at radius 2 is 1.93 bits per heavy atom. The van der Waals surface area contributed by atoms with Gasteiger partial charge in [0.2, 0.25) is 5.22 Å². The minimum Gasteiger partial charge on any atom is -0.494 e. The first-order valence-electron chi connectivity index (χ1n) is 9.65. The summed E-state index contributed by atoms with van der Waals surface area (Å²) in [5, 5.41) is 2.83. The topological polar surface area (TPSA) is 65.5 Å². The number of furan rings is 1. The number of carbonyl (C=O) groups excluding carboxylic acids is 1. The summed E-state index contributed by atoms with van der Waals surface area (Å²) in [6.45, 7) is 0.602. The predicted molar refractivity (Wildman–Crippen MR) is 121 cm³/mol. The van der Waals surface area contributed by atoms with Crippen LogP contribution in [0, 0.1) is 0 Å². The number of benzene rings is 2. The number of aromatic nitrogens is 1. The molecule has 5 nitrogen and oxygen atoms in total. The first-order valence-corrected chi connectivity index (χ1v) is 10.6. The number of allylic oxidation sites excluding steroid dienone is 1. The van der Waals surface area contributed by atoms with E-state index in [0.29, 0.717) is 23.2 Å². The van der Waals surface area contributed by atoms with Crippen LogP contribution in [0.5, 0.6) is 5.75 Å². The van der Waals surface area contributed by atoms with E-state index >= 15 is 0 Å². The van der Waals surface area contributed by atoms with E-state index in [9.17, 15) is 4.79 Å². The van der Waals surface area contributed by atoms with Crippen LogP contribution in [0.25, 0.3) is 17.2 Å². The molecular weight excluding hydrogens is 398 g/mol. The maximum atomic E-state index is 12.2. The summed E-state index contributed by atoms with van der Waals surface area (Å²) in [5.74, 6) is 1.32. The Labute approximate surface area is 178 Å². The third-order valence-corrected chi connectivity index (χ3v) is 5.16. The van der Waals surface area contributed by atoms with Crippen LogP contribution in [0.3, 0.4) is 0 Å². The van der Waals surface area contributed by atoms with Crippen LogP contribution in [-0.4, -0.2) is 22.7 Å². The number of rotatable bonds is 9. The van der Waals surface area contributed by atoms with Crippen molar-refractivity contribution in [3.05, 3.63) is 84.3 Å². The van der Waals surface area contributed by atoms with Gasteiger partial charge in [-0.1, -0.05) is 17.5 Å². The number of fused-ring (bicyclic) bond motifs is 1. The molecule has 0 aliphatic rings. The fourth-order valence-electron chi connectivity index (χ4n) is 2.78. The Hall–Kier alpha value is -3.38. The van der Waals surface area contributed by atoms with Crippen LogP contribution >= 0.6 is 11.4 Å². The normalized spacial score (nSPS) is 11.9. The molecule has 0 spiro atoms. The zero-order valence-corrected chi connectivity index (χ0v) is 17.1. The number of thiol groups is 1. The predicted octanol–water partition coefficient (Wildman–Crippen LogP) is 5.80. The molecular formula is C24H21NO4S. The van der Waals surface area contributed by atoms with Crippen LogP contribution in [0.1, 0.15) is 29.0 Å². The summed E-state index contributed by atoms with van der Waals surface area (Å²) in [7, 11) is 0. The summed E-state index contributed by atoms with van der Waals surface area (Å²) < 4.78 is 16.6. The molecule has 0 bridgehead atoms. The van der Waals surface area contributed by atoms with Gasteiger partial charge in [-0.3, -0.25) is 4.79 Å². The Morgan fingerprint density at radius 1 is 1.07 bits per heavy atom. The standard InChI is InChI=1S/C24H21NO4S/c26-22(14-13-19-6-5-16-28-19)18-9-11-20(12-10-18)27-15-3-4-17-30-24-25-21-7-1-2-8-23(21)29-24/h1-2,5-14,16-17,30H,3-4,15H2/b14-13+. The Balaban J connectivity index is 1.20. The Morgan fingerprint density at radius 3 is 2.73 bits per heavy atom. The average Bonchev–Trinajstić information content (AvgIpc) is 3.44. The lowest BCUT2D eigenvalue weighted by Gasteiger charge is -2.05. The van der Waals surface area contributed by atoms with Crippen molar-refractivity contribution in [1.82, 2.24) is 4.98 Å². The zero-order chi connectivity index (χ0) is 20.6. The minimum absolute atomic E-state index is 0.0780. The molecule has 0 amide bonds. The van der Waals surface area contributed by atoms with Gasteiger partial charge in [0.05, 0.1) is 12.9 Å². The average molecular weight is 420 g/mol. The van der Waals surface area contributed by atoms with E-state index in [1.54, 1.807) is 36.6 Å². The fourth-order valence-corrected chi connectivity index (χ4v) is 3.56. The molecule has 0 unspecified atom stereocenters. The summed E-state index contributed by atoms with van der Waals surface area (Å²) in [4.78, 5) is 16.6. The molecule has 0 saturated carbocycles. The summed E-state index contributed by atoms with van der Waals surface area (Å²) in [6.07, 6.45) is 6.52. The van der Waals surface area contributed by atoms with Gasteiger partial charge in [-0.15, -0.1) is 11.4 Å². The van der Waals surface area contributed by atoms with Crippen LogP contribution in [0.2, 0.25) is 0 Å². The molecule has 2 aromatic carbocycles. The number of nitrogens with zero attached hydrogens (tertiary/aromatic N) is 1. The largest absolute Gasteiger partial charge is 0.494 e. The smallest absolute Gasteiger partial charge is 0.247 e. The Kier molecular flexibility index (Phi) is 6.57. The number of carbonyl (C=O) groups is 1. The Bertz CT molecular complexity index is 1120. The molecule has 30 heavy (non-hydrogen) atoms. The first-order chi connectivity index (χ1) is 14.8. The van der Waals surface area contributed by atoms with Gasteiger partial charge in [-0.2, -0.15) is 0 Å². The second-order valence-electron chi connectivity index (χ2n) is 6.50. The van der Waals surface area contributed by atoms with Crippen LogP contribution in [0.15, 0.2) is 87.1 Å². The van der Waals surface area contributed by atoms with Crippen molar-refractivity contribution in [2.45, 2.75) is 18.1 Å². The fraction of sp³-hybridized carbons (Fsp3) is 0.125. The first kappa shape index (κ1) is 19.9. The highest BCUT2D eigenvalue weighted by atomic mass is 32.1. The van der Waals surface area contributed by atoms with Gasteiger partial charge in [0.25, 0.3) is 0 Å². The quantitative estimate of drug-likeness (QED) is 0.122. The number of ketones is 1. The molecule has 2 heterocycles. The van der Waals surface area contributed by atoms with Crippen LogP contribution in [-0.2, 0) is 0 Å². The van der Waals surface area contributed by atoms with Gasteiger partial charge in [0.1, 0.15) is 17.0 Å². The number of para-hydroxylation sites is 2. The molecule has 0 atom stereocenters. The van der Waals surface area contributed by atoms with Crippen molar-refractivity contribution >= 4 is 39.7 Å². The van der Waals surface area contributed by atoms with E-state index in [2.05, 4.69) is 10.4 Å². The SMILES string of the molecule is O=C(/C=C/c1ccco1)c1ccc(OCCCC=[SH]c2nc3ccccc3o2)cc1. The highest BCUT2D eigenvalue weighted by Crippen LogP contribution is 2.19. The molecule has 152 valence electrons.